The fraction of sp³-hybridized carbons (Fsp3) is 0.857. The topological polar surface area (TPSA) is 47.6 Å². The Labute approximate surface area is 62.3 Å². The average Bonchev–Trinajstić information content (AvgIpc) is 1.87. The average molecular weight is 144 g/mol. The quantitative estimate of drug-likeness (QED) is 0.569. The zero-order chi connectivity index (χ0) is 7.98. The number of hydrogen-bond acceptors (Lipinski definition) is 3. The van der Waals surface area contributed by atoms with Crippen LogP contribution in [0.25, 0.3) is 0 Å². The first-order chi connectivity index (χ1) is 4.66. The molecule has 2 atom stereocenters. The molecule has 10 heavy (non-hydrogen) atoms. The van der Waals surface area contributed by atoms with Crippen molar-refractivity contribution < 1.29 is 4.74 Å². The maximum absolute atomic E-state index is 5.45. The predicted molar refractivity (Wildman–Crippen MR) is 43.5 cm³/mol. The minimum Gasteiger partial charge on any atom is -0.378 e. The molecular formula is C7H16N2O. The van der Waals surface area contributed by atoms with Crippen LogP contribution in [-0.2, 0) is 4.74 Å². The van der Waals surface area contributed by atoms with Gasteiger partial charge in [0.15, 0.2) is 0 Å². The zero-order valence-corrected chi connectivity index (χ0v) is 6.71. The lowest BCUT2D eigenvalue weighted by molar-refractivity contribution is 0.116. The molecule has 2 N–H and O–H groups in total. The van der Waals surface area contributed by atoms with E-state index in [4.69, 9.17) is 10.5 Å². The van der Waals surface area contributed by atoms with Gasteiger partial charge in [-0.1, -0.05) is 0 Å². The Hall–Kier alpha value is -0.410. The fourth-order valence-electron chi connectivity index (χ4n) is 0.477. The highest BCUT2D eigenvalue weighted by Crippen LogP contribution is 1.89. The predicted octanol–water partition coefficient (Wildman–Crippen LogP) is 0.439. The largest absolute Gasteiger partial charge is 0.378 e. The van der Waals surface area contributed by atoms with E-state index >= 15 is 0 Å². The lowest BCUT2D eigenvalue weighted by Gasteiger charge is -2.08. The first-order valence-corrected chi connectivity index (χ1v) is 3.46. The lowest BCUT2D eigenvalue weighted by Crippen LogP contribution is -2.23. The molecule has 0 aromatic rings. The van der Waals surface area contributed by atoms with Crippen LogP contribution in [0.3, 0.4) is 0 Å². The van der Waals surface area contributed by atoms with Crippen molar-refractivity contribution in [1.82, 2.24) is 0 Å². The van der Waals surface area contributed by atoms with E-state index in [0.717, 1.165) is 0 Å². The van der Waals surface area contributed by atoms with E-state index in [-0.39, 0.29) is 12.1 Å². The Morgan fingerprint density at radius 1 is 1.50 bits per heavy atom. The Bertz CT molecular complexity index is 93.6. The second kappa shape index (κ2) is 5.38. The van der Waals surface area contributed by atoms with Gasteiger partial charge >= 0.3 is 0 Å². The third-order valence-electron chi connectivity index (χ3n) is 1.05. The number of nitrogens with two attached hydrogens (primary N) is 1. The van der Waals surface area contributed by atoms with Gasteiger partial charge in [-0.15, -0.1) is 0 Å². The van der Waals surface area contributed by atoms with E-state index in [1.165, 1.54) is 0 Å². The molecule has 0 amide bonds. The summed E-state index contributed by atoms with van der Waals surface area (Å²) >= 11 is 0. The van der Waals surface area contributed by atoms with Crippen molar-refractivity contribution >= 4 is 6.72 Å². The molecule has 60 valence electrons. The summed E-state index contributed by atoms with van der Waals surface area (Å²) in [4.78, 5) is 3.77. The maximum atomic E-state index is 5.45. The van der Waals surface area contributed by atoms with Gasteiger partial charge in [-0.2, -0.15) is 0 Å². The second-order valence-electron chi connectivity index (χ2n) is 2.55. The fourth-order valence-corrected chi connectivity index (χ4v) is 0.477. The standard InChI is InChI=1S/C7H16N2O/c1-6(8)4-10-5-7(2)9-3/h6-7H,3-5,8H2,1-2H3. The highest BCUT2D eigenvalue weighted by molar-refractivity contribution is 5.23. The molecule has 0 aromatic heterocycles. The van der Waals surface area contributed by atoms with Gasteiger partial charge in [0.05, 0.1) is 19.3 Å². The smallest absolute Gasteiger partial charge is 0.0697 e. The summed E-state index contributed by atoms with van der Waals surface area (Å²) in [5.41, 5.74) is 5.45. The maximum Gasteiger partial charge on any atom is 0.0697 e. The van der Waals surface area contributed by atoms with Crippen LogP contribution in [0.5, 0.6) is 0 Å². The molecule has 3 heteroatoms. The van der Waals surface area contributed by atoms with Crippen molar-refractivity contribution in [3.05, 3.63) is 0 Å². The van der Waals surface area contributed by atoms with Crippen LogP contribution < -0.4 is 5.73 Å². The minimum atomic E-state index is 0.108. The molecule has 0 saturated heterocycles. The van der Waals surface area contributed by atoms with Gasteiger partial charge in [0.2, 0.25) is 0 Å². The van der Waals surface area contributed by atoms with Gasteiger partial charge in [0.1, 0.15) is 0 Å². The van der Waals surface area contributed by atoms with E-state index in [2.05, 4.69) is 11.7 Å². The Morgan fingerprint density at radius 3 is 2.50 bits per heavy atom. The summed E-state index contributed by atoms with van der Waals surface area (Å²) in [6, 6.07) is 0.288. The van der Waals surface area contributed by atoms with E-state index < -0.39 is 0 Å². The lowest BCUT2D eigenvalue weighted by atomic mass is 10.4. The molecule has 0 saturated carbocycles. The Kier molecular flexibility index (Phi) is 5.16. The monoisotopic (exact) mass is 144 g/mol. The summed E-state index contributed by atoms with van der Waals surface area (Å²) in [5.74, 6) is 0. The molecule has 0 aliphatic carbocycles. The summed E-state index contributed by atoms with van der Waals surface area (Å²) in [7, 11) is 0. The molecule has 0 aliphatic heterocycles. The van der Waals surface area contributed by atoms with Crippen LogP contribution in [0.15, 0.2) is 4.99 Å². The molecule has 3 nitrogen and oxygen atoms in total. The summed E-state index contributed by atoms with van der Waals surface area (Å²) in [5, 5.41) is 0. The number of rotatable bonds is 5. The van der Waals surface area contributed by atoms with E-state index in [9.17, 15) is 0 Å². The number of aliphatic imine (C=N–C) groups is 1. The highest BCUT2D eigenvalue weighted by Gasteiger charge is 1.97. The first-order valence-electron chi connectivity index (χ1n) is 3.46. The third kappa shape index (κ3) is 5.72. The Balaban J connectivity index is 3.11. The van der Waals surface area contributed by atoms with Crippen molar-refractivity contribution in [3.63, 3.8) is 0 Å². The van der Waals surface area contributed by atoms with E-state index in [0.29, 0.717) is 13.2 Å². The summed E-state index contributed by atoms with van der Waals surface area (Å²) < 4.78 is 5.19. The summed E-state index contributed by atoms with van der Waals surface area (Å²) in [6.07, 6.45) is 0. The van der Waals surface area contributed by atoms with Crippen molar-refractivity contribution in [2.45, 2.75) is 25.9 Å². The first kappa shape index (κ1) is 9.59. The molecule has 0 rings (SSSR count). The van der Waals surface area contributed by atoms with Crippen molar-refractivity contribution in [1.29, 1.82) is 0 Å². The molecule has 0 radical (unpaired) electrons. The molecule has 0 heterocycles. The number of hydrogen-bond donors (Lipinski definition) is 1. The van der Waals surface area contributed by atoms with Gasteiger partial charge in [0, 0.05) is 6.04 Å². The van der Waals surface area contributed by atoms with Crippen LogP contribution in [-0.4, -0.2) is 32.0 Å². The van der Waals surface area contributed by atoms with Gasteiger partial charge in [0.25, 0.3) is 0 Å². The van der Waals surface area contributed by atoms with Gasteiger partial charge in [-0.05, 0) is 20.6 Å². The molecule has 0 fully saturated rings. The third-order valence-corrected chi connectivity index (χ3v) is 1.05. The van der Waals surface area contributed by atoms with Crippen LogP contribution in [0.4, 0.5) is 0 Å². The highest BCUT2D eigenvalue weighted by atomic mass is 16.5. The zero-order valence-electron chi connectivity index (χ0n) is 6.71. The summed E-state index contributed by atoms with van der Waals surface area (Å²) in [6.45, 7) is 8.47. The normalized spacial score (nSPS) is 16.3. The van der Waals surface area contributed by atoms with Crippen LogP contribution in [0.1, 0.15) is 13.8 Å². The molecule has 0 bridgehead atoms. The van der Waals surface area contributed by atoms with Crippen molar-refractivity contribution in [3.8, 4) is 0 Å². The van der Waals surface area contributed by atoms with Crippen molar-refractivity contribution in [2.75, 3.05) is 13.2 Å². The SMILES string of the molecule is C=NC(C)COCC(C)N. The molecule has 0 spiro atoms. The van der Waals surface area contributed by atoms with Gasteiger partial charge < -0.3 is 10.5 Å². The van der Waals surface area contributed by atoms with Crippen molar-refractivity contribution in [2.24, 2.45) is 10.7 Å². The second-order valence-corrected chi connectivity index (χ2v) is 2.55. The van der Waals surface area contributed by atoms with Gasteiger partial charge in [-0.25, -0.2) is 0 Å². The van der Waals surface area contributed by atoms with E-state index in [1.54, 1.807) is 0 Å². The van der Waals surface area contributed by atoms with Gasteiger partial charge in [-0.3, -0.25) is 4.99 Å². The van der Waals surface area contributed by atoms with Crippen LogP contribution in [0, 0.1) is 0 Å². The van der Waals surface area contributed by atoms with Crippen LogP contribution >= 0.6 is 0 Å². The molecule has 2 unspecified atom stereocenters. The number of nitrogens with zero attached hydrogens (tertiary/aromatic N) is 1. The van der Waals surface area contributed by atoms with Crippen LogP contribution in [0.2, 0.25) is 0 Å². The molecular weight excluding hydrogens is 128 g/mol. The number of ether oxygens (including phenoxy) is 1. The molecule has 0 aromatic carbocycles. The minimum absolute atomic E-state index is 0.108. The van der Waals surface area contributed by atoms with E-state index in [1.807, 2.05) is 13.8 Å². The molecule has 0 aliphatic rings. The Morgan fingerprint density at radius 2 is 2.10 bits per heavy atom.